The fourth-order valence-corrected chi connectivity index (χ4v) is 10.5. The number of nitrogens with zero attached hydrogens (tertiary/aromatic N) is 2. The molecule has 4 heterocycles. The first-order valence-corrected chi connectivity index (χ1v) is 26.2. The van der Waals surface area contributed by atoms with Crippen LogP contribution in [-0.2, 0) is 54.6 Å². The number of carbonyl (C=O) groups is 5. The third-order valence-electron chi connectivity index (χ3n) is 10.9. The van der Waals surface area contributed by atoms with Crippen LogP contribution >= 0.6 is 0 Å². The summed E-state index contributed by atoms with van der Waals surface area (Å²) < 4.78 is 147. The van der Waals surface area contributed by atoms with Crippen LogP contribution in [-0.4, -0.2) is 101 Å². The van der Waals surface area contributed by atoms with Crippen LogP contribution in [0.1, 0.15) is 42.0 Å². The van der Waals surface area contributed by atoms with Gasteiger partial charge in [0.2, 0.25) is 0 Å². The molecule has 0 radical (unpaired) electrons. The summed E-state index contributed by atoms with van der Waals surface area (Å²) in [7, 11) is -17.9. The zero-order valence-corrected chi connectivity index (χ0v) is 52.6. The van der Waals surface area contributed by atoms with E-state index in [0.717, 1.165) is 60.7 Å². The molecule has 8 N–H and O–H groups in total. The van der Waals surface area contributed by atoms with E-state index in [2.05, 4.69) is 41.9 Å². The van der Waals surface area contributed by atoms with E-state index in [9.17, 15) is 75.9 Å². The number of aromatic amines is 2. The second kappa shape index (κ2) is 25.4. The second-order valence-electron chi connectivity index (χ2n) is 15.8. The van der Waals surface area contributed by atoms with E-state index >= 15 is 0 Å². The van der Waals surface area contributed by atoms with Crippen molar-refractivity contribution in [2.24, 2.45) is 14.1 Å². The molecule has 0 unspecified atom stereocenters. The average molecular weight is 1180 g/mol. The van der Waals surface area contributed by atoms with Crippen molar-refractivity contribution in [3.8, 4) is 0 Å². The van der Waals surface area contributed by atoms with Gasteiger partial charge in [0.25, 0.3) is 23.6 Å². The Morgan fingerprint density at radius 3 is 1.10 bits per heavy atom. The molecule has 35 heteroatoms. The first-order valence-electron chi connectivity index (χ1n) is 20.5. The SMILES string of the molecule is Cn1cc(NC(=O)c2cc(NC(=O)Nc3c[nH]c(C(=O)Nc4cc(C(=O)Nc5ccc(S(=O)(=O)[O-])c6cccc(S(=O)(=O)[O-])c56)n(C)c4)c3)c[nH]2)cc1C(=O)Nc1ccc(S(=O)(=O)[O-])c2cccc(S(=O)(=O)[O-])c12.[Na+].[Na+].[Na+].[Na+]. The van der Waals surface area contributed by atoms with Crippen LogP contribution in [0.25, 0.3) is 21.5 Å². The quantitative estimate of drug-likeness (QED) is 0.0370. The molecule has 0 spiro atoms. The zero-order valence-electron chi connectivity index (χ0n) is 41.4. The van der Waals surface area contributed by atoms with Crippen LogP contribution in [0.4, 0.5) is 38.9 Å². The topological polar surface area (TPSA) is 428 Å². The number of nitrogens with one attached hydrogen (secondary N) is 8. The van der Waals surface area contributed by atoms with E-state index < -0.39 is 111 Å². The minimum absolute atomic E-state index is 0. The number of aryl methyl sites for hydroxylation is 2. The van der Waals surface area contributed by atoms with Crippen molar-refractivity contribution >= 4 is 126 Å². The summed E-state index contributed by atoms with van der Waals surface area (Å²) in [5.41, 5.74) is -0.570. The number of amides is 6. The molecule has 4 aromatic carbocycles. The van der Waals surface area contributed by atoms with Gasteiger partial charge in [0.1, 0.15) is 63.2 Å². The van der Waals surface area contributed by atoms with Crippen LogP contribution in [0.15, 0.2) is 129 Å². The normalized spacial score (nSPS) is 11.5. The molecule has 0 aliphatic heterocycles. The first kappa shape index (κ1) is 65.8. The molecule has 0 bridgehead atoms. The maximum Gasteiger partial charge on any atom is 1.00 e. The average Bonchev–Trinajstić information content (AvgIpc) is 4.12. The third kappa shape index (κ3) is 14.6. The fraction of sp³-hybridized carbons (Fsp3) is 0.0465. The molecule has 8 aromatic rings. The van der Waals surface area contributed by atoms with E-state index in [1.807, 2.05) is 0 Å². The molecular formula is C43H32N10Na4O17S4. The summed E-state index contributed by atoms with van der Waals surface area (Å²) in [5, 5.41) is 13.1. The molecule has 0 aliphatic rings. The number of aromatic nitrogens is 4. The van der Waals surface area contributed by atoms with Crippen molar-refractivity contribution in [1.29, 1.82) is 0 Å². The summed E-state index contributed by atoms with van der Waals surface area (Å²) in [6.07, 6.45) is 5.24. The van der Waals surface area contributed by atoms with Crippen molar-refractivity contribution < 1.29 is 194 Å². The molecule has 78 heavy (non-hydrogen) atoms. The van der Waals surface area contributed by atoms with Crippen LogP contribution < -0.4 is 150 Å². The summed E-state index contributed by atoms with van der Waals surface area (Å²) in [6.45, 7) is 0. The molecule has 384 valence electrons. The molecule has 0 fully saturated rings. The van der Waals surface area contributed by atoms with Gasteiger partial charge >= 0.3 is 124 Å². The first-order chi connectivity index (χ1) is 34.6. The molecule has 8 rings (SSSR count). The minimum atomic E-state index is -5.24. The molecule has 6 amide bonds. The molecule has 0 saturated carbocycles. The number of fused-ring (bicyclic) bond motifs is 2. The van der Waals surface area contributed by atoms with Crippen molar-refractivity contribution in [1.82, 2.24) is 19.1 Å². The van der Waals surface area contributed by atoms with Crippen LogP contribution in [0.5, 0.6) is 0 Å². The van der Waals surface area contributed by atoms with Gasteiger partial charge in [0.15, 0.2) is 0 Å². The molecular weight excluding hydrogens is 1150 g/mol. The van der Waals surface area contributed by atoms with Crippen molar-refractivity contribution in [2.45, 2.75) is 19.6 Å². The summed E-state index contributed by atoms with van der Waals surface area (Å²) in [5.74, 6) is -3.26. The second-order valence-corrected chi connectivity index (χ2v) is 21.2. The largest absolute Gasteiger partial charge is 1.00 e. The number of anilines is 6. The van der Waals surface area contributed by atoms with E-state index in [4.69, 9.17) is 0 Å². The van der Waals surface area contributed by atoms with Gasteiger partial charge in [-0.25, -0.2) is 38.5 Å². The van der Waals surface area contributed by atoms with Gasteiger partial charge in [-0.1, -0.05) is 24.3 Å². The Kier molecular flexibility index (Phi) is 21.4. The van der Waals surface area contributed by atoms with Gasteiger partial charge < -0.3 is 69.2 Å². The number of hydrogen-bond donors (Lipinski definition) is 8. The zero-order chi connectivity index (χ0) is 53.8. The van der Waals surface area contributed by atoms with Gasteiger partial charge in [-0.05, 0) is 60.7 Å². The van der Waals surface area contributed by atoms with Gasteiger partial charge in [-0.15, -0.1) is 0 Å². The van der Waals surface area contributed by atoms with E-state index in [-0.39, 0.29) is 175 Å². The smallest absolute Gasteiger partial charge is 0.744 e. The van der Waals surface area contributed by atoms with Gasteiger partial charge in [-0.2, -0.15) is 0 Å². The Morgan fingerprint density at radius 2 is 0.769 bits per heavy atom. The Morgan fingerprint density at radius 1 is 0.423 bits per heavy atom. The Bertz CT molecular complexity index is 3940. The molecule has 27 nitrogen and oxygen atoms in total. The summed E-state index contributed by atoms with van der Waals surface area (Å²) in [4.78, 5) is 68.0. The monoisotopic (exact) mass is 1180 g/mol. The number of carbonyl (C=O) groups excluding carboxylic acids is 5. The Balaban J connectivity index is 0.00000328. The molecule has 0 aliphatic carbocycles. The number of rotatable bonds is 14. The predicted molar refractivity (Wildman–Crippen MR) is 257 cm³/mol. The fourth-order valence-electron chi connectivity index (χ4n) is 7.73. The molecule has 4 aromatic heterocycles. The Hall–Kier alpha value is -4.69. The summed E-state index contributed by atoms with van der Waals surface area (Å²) >= 11 is 0. The van der Waals surface area contributed by atoms with E-state index in [1.54, 1.807) is 0 Å². The van der Waals surface area contributed by atoms with Crippen molar-refractivity contribution in [2.75, 3.05) is 31.9 Å². The Labute approximate surface area is 530 Å². The van der Waals surface area contributed by atoms with Crippen LogP contribution in [0.3, 0.4) is 0 Å². The molecule has 0 saturated heterocycles. The molecule has 0 atom stereocenters. The minimum Gasteiger partial charge on any atom is -0.744 e. The number of H-pyrrole nitrogens is 2. The van der Waals surface area contributed by atoms with Gasteiger partial charge in [-0.3, -0.25) is 19.2 Å². The van der Waals surface area contributed by atoms with Crippen molar-refractivity contribution in [3.63, 3.8) is 0 Å². The number of benzene rings is 4. The van der Waals surface area contributed by atoms with Gasteiger partial charge in [0, 0.05) is 60.4 Å². The van der Waals surface area contributed by atoms with Crippen molar-refractivity contribution in [3.05, 3.63) is 132 Å². The van der Waals surface area contributed by atoms with Gasteiger partial charge in [0.05, 0.1) is 53.7 Å². The van der Waals surface area contributed by atoms with E-state index in [1.165, 1.54) is 72.3 Å². The van der Waals surface area contributed by atoms with Crippen LogP contribution in [0.2, 0.25) is 0 Å². The van der Waals surface area contributed by atoms with E-state index in [0.29, 0.717) is 0 Å². The van der Waals surface area contributed by atoms with Crippen LogP contribution in [0, 0.1) is 0 Å². The standard InChI is InChI=1S/C43H36N10O17S4.4Na/c1-52-19-23(15-31(52)41(56)50-27-9-11-33(71(59,60)61)25-5-3-7-35(37(25)27)73(65,66)67)46-39(54)29-13-21(17-44-29)48-43(58)49-22-14-30(45-18-22)40(55)47-24-16-32(53(2)20-24)42(57)51-28-10-12-34(72(62,63)64)26-6-4-8-36(38(26)28)74(68,69)70;;;;/h3-20,44-45H,1-2H3,(H,46,54)(H,47,55)(H,50,56)(H,51,57)(H2,48,49,58)(H,59,60,61)(H,62,63,64)(H,65,66,67)(H,68,69,70);;;;/q;4*+1/p-4. The predicted octanol–water partition coefficient (Wildman–Crippen LogP) is -8.39. The third-order valence-corrected chi connectivity index (χ3v) is 14.4. The summed E-state index contributed by atoms with van der Waals surface area (Å²) in [6, 6.07) is 13.9. The maximum absolute atomic E-state index is 13.4. The number of urea groups is 1. The number of hydrogen-bond acceptors (Lipinski definition) is 17. The maximum atomic E-state index is 13.4.